The molecule has 1 aromatic rings. The maximum Gasteiger partial charge on any atom is 0.334 e. The highest BCUT2D eigenvalue weighted by Gasteiger charge is 2.49. The maximum atomic E-state index is 12.8. The van der Waals surface area contributed by atoms with Gasteiger partial charge >= 0.3 is 17.8 Å². The summed E-state index contributed by atoms with van der Waals surface area (Å²) in [7, 11) is 0. The summed E-state index contributed by atoms with van der Waals surface area (Å²) in [4.78, 5) is 52.3. The Kier molecular flexibility index (Phi) is 5.18. The molecule has 0 aromatic heterocycles. The van der Waals surface area contributed by atoms with Crippen molar-refractivity contribution in [3.8, 4) is 0 Å². The van der Waals surface area contributed by atoms with E-state index in [9.17, 15) is 19.2 Å². The largest absolute Gasteiger partial charge is 0.334 e. The molecule has 144 valence electrons. The quantitative estimate of drug-likeness (QED) is 0.463. The summed E-state index contributed by atoms with van der Waals surface area (Å²) in [5.74, 6) is -1.86. The smallest absolute Gasteiger partial charge is 0.292 e. The van der Waals surface area contributed by atoms with E-state index in [1.54, 1.807) is 6.07 Å². The van der Waals surface area contributed by atoms with Gasteiger partial charge in [-0.25, -0.2) is 9.69 Å². The lowest BCUT2D eigenvalue weighted by atomic mass is 9.85. The molecule has 1 heterocycles. The van der Waals surface area contributed by atoms with Crippen molar-refractivity contribution in [2.24, 2.45) is 5.92 Å². The Morgan fingerprint density at radius 3 is 2.26 bits per heavy atom. The fraction of sp³-hybridized carbons (Fsp3) is 0.524. The third-order valence-corrected chi connectivity index (χ3v) is 5.92. The van der Waals surface area contributed by atoms with Crippen molar-refractivity contribution in [1.29, 1.82) is 0 Å². The minimum absolute atomic E-state index is 0.164. The van der Waals surface area contributed by atoms with Crippen molar-refractivity contribution in [2.45, 2.75) is 59.4 Å². The van der Waals surface area contributed by atoms with E-state index in [0.29, 0.717) is 12.0 Å². The molecule has 1 aliphatic carbocycles. The molecule has 6 nitrogen and oxygen atoms in total. The first-order chi connectivity index (χ1) is 12.7. The Morgan fingerprint density at radius 2 is 1.59 bits per heavy atom. The van der Waals surface area contributed by atoms with Crippen molar-refractivity contribution in [2.75, 3.05) is 6.54 Å². The van der Waals surface area contributed by atoms with Gasteiger partial charge < -0.3 is 0 Å². The number of carbonyl (C=O) groups is 4. The molecule has 4 amide bonds. The van der Waals surface area contributed by atoms with Crippen molar-refractivity contribution >= 4 is 23.6 Å². The number of hydrogen-bond donors (Lipinski definition) is 0. The number of urea groups is 1. The van der Waals surface area contributed by atoms with Gasteiger partial charge in [-0.2, -0.15) is 0 Å². The van der Waals surface area contributed by atoms with Crippen LogP contribution in [-0.2, 0) is 9.59 Å². The molecule has 6 heteroatoms. The number of Topliss-reactive ketones (excluding diaryl/α,β-unsaturated/α-hetero) is 1. The van der Waals surface area contributed by atoms with Crippen LogP contribution in [0.3, 0.4) is 0 Å². The highest BCUT2D eigenvalue weighted by atomic mass is 16.2. The van der Waals surface area contributed by atoms with Crippen molar-refractivity contribution in [1.82, 2.24) is 9.80 Å². The van der Waals surface area contributed by atoms with Crippen LogP contribution in [0.2, 0.25) is 0 Å². The second-order valence-corrected chi connectivity index (χ2v) is 7.85. The molecule has 0 unspecified atom stereocenters. The second-order valence-electron chi connectivity index (χ2n) is 7.85. The number of aryl methyl sites for hydroxylation is 3. The number of benzene rings is 1. The summed E-state index contributed by atoms with van der Waals surface area (Å²) in [6.45, 7) is 7.30. The van der Waals surface area contributed by atoms with Gasteiger partial charge in [0.1, 0.15) is 0 Å². The predicted molar refractivity (Wildman–Crippen MR) is 100 cm³/mol. The van der Waals surface area contributed by atoms with Gasteiger partial charge in [0.15, 0.2) is 5.78 Å². The first-order valence-corrected chi connectivity index (χ1v) is 9.52. The van der Waals surface area contributed by atoms with E-state index < -0.39 is 24.4 Å². The van der Waals surface area contributed by atoms with Gasteiger partial charge in [-0.15, -0.1) is 0 Å². The molecule has 0 spiro atoms. The minimum Gasteiger partial charge on any atom is -0.292 e. The molecule has 0 bridgehead atoms. The molecule has 2 aliphatic rings. The number of ketones is 1. The monoisotopic (exact) mass is 370 g/mol. The average molecular weight is 370 g/mol. The van der Waals surface area contributed by atoms with Crippen LogP contribution < -0.4 is 0 Å². The van der Waals surface area contributed by atoms with Gasteiger partial charge in [-0.05, 0) is 62.3 Å². The van der Waals surface area contributed by atoms with E-state index in [4.69, 9.17) is 0 Å². The van der Waals surface area contributed by atoms with Crippen LogP contribution in [0.25, 0.3) is 0 Å². The molecule has 1 aliphatic heterocycles. The summed E-state index contributed by atoms with van der Waals surface area (Å²) < 4.78 is 0. The van der Waals surface area contributed by atoms with E-state index in [2.05, 4.69) is 0 Å². The predicted octanol–water partition coefficient (Wildman–Crippen LogP) is 3.16. The zero-order valence-corrected chi connectivity index (χ0v) is 16.4. The van der Waals surface area contributed by atoms with Gasteiger partial charge in [0, 0.05) is 11.6 Å². The van der Waals surface area contributed by atoms with Gasteiger partial charge in [0.05, 0.1) is 6.54 Å². The van der Waals surface area contributed by atoms with E-state index in [-0.39, 0.29) is 17.7 Å². The molecule has 2 fully saturated rings. The Hall–Kier alpha value is -2.50. The summed E-state index contributed by atoms with van der Waals surface area (Å²) in [5, 5.41) is 0. The molecule has 2 atom stereocenters. The lowest BCUT2D eigenvalue weighted by Crippen LogP contribution is -2.46. The van der Waals surface area contributed by atoms with E-state index in [0.717, 1.165) is 45.8 Å². The Labute approximate surface area is 159 Å². The lowest BCUT2D eigenvalue weighted by Gasteiger charge is -2.34. The van der Waals surface area contributed by atoms with Crippen molar-refractivity contribution in [3.05, 3.63) is 34.4 Å². The van der Waals surface area contributed by atoms with Gasteiger partial charge in [-0.3, -0.25) is 19.3 Å². The van der Waals surface area contributed by atoms with Crippen LogP contribution in [0.4, 0.5) is 4.79 Å². The molecule has 1 aromatic carbocycles. The minimum atomic E-state index is -0.896. The number of hydrogen-bond acceptors (Lipinski definition) is 4. The topological polar surface area (TPSA) is 74.8 Å². The lowest BCUT2D eigenvalue weighted by molar-refractivity contribution is -0.144. The Balaban J connectivity index is 1.82. The summed E-state index contributed by atoms with van der Waals surface area (Å²) in [6, 6.07) is 2.78. The summed E-state index contributed by atoms with van der Waals surface area (Å²) >= 11 is 0. The Bertz CT molecular complexity index is 830. The number of imide groups is 2. The number of amides is 4. The standard InChI is InChI=1S/C21H26N2O4/c1-12-7-5-6-8-17(12)23-20(26)19(25)22(21(23)27)11-18(24)16-10-14(3)13(2)9-15(16)4/h9-10,12,17H,5-8,11H2,1-4H3/t12-,17-/m0/s1. The normalized spacial score (nSPS) is 23.3. The second kappa shape index (κ2) is 7.25. The van der Waals surface area contributed by atoms with E-state index in [1.165, 1.54) is 0 Å². The van der Waals surface area contributed by atoms with Crippen molar-refractivity contribution < 1.29 is 19.2 Å². The first-order valence-electron chi connectivity index (χ1n) is 9.52. The van der Waals surface area contributed by atoms with Crippen LogP contribution in [0.15, 0.2) is 12.1 Å². The molecule has 0 N–H and O–H groups in total. The molecule has 1 saturated carbocycles. The zero-order valence-electron chi connectivity index (χ0n) is 16.4. The highest BCUT2D eigenvalue weighted by molar-refractivity contribution is 6.45. The molecular weight excluding hydrogens is 344 g/mol. The fourth-order valence-electron chi connectivity index (χ4n) is 4.12. The third-order valence-electron chi connectivity index (χ3n) is 5.92. The highest BCUT2D eigenvalue weighted by Crippen LogP contribution is 2.31. The van der Waals surface area contributed by atoms with Crippen LogP contribution in [-0.4, -0.2) is 46.0 Å². The summed E-state index contributed by atoms with van der Waals surface area (Å²) in [6.07, 6.45) is 3.64. The van der Waals surface area contributed by atoms with Crippen LogP contribution in [0.1, 0.15) is 59.7 Å². The van der Waals surface area contributed by atoms with Crippen LogP contribution in [0, 0.1) is 26.7 Å². The molecule has 27 heavy (non-hydrogen) atoms. The number of carbonyl (C=O) groups excluding carboxylic acids is 4. The first kappa shape index (κ1) is 19.3. The number of nitrogens with zero attached hydrogens (tertiary/aromatic N) is 2. The van der Waals surface area contributed by atoms with Crippen molar-refractivity contribution in [3.63, 3.8) is 0 Å². The molecular formula is C21H26N2O4. The van der Waals surface area contributed by atoms with E-state index in [1.807, 2.05) is 33.8 Å². The molecule has 3 rings (SSSR count). The third kappa shape index (κ3) is 3.40. The van der Waals surface area contributed by atoms with Crippen LogP contribution >= 0.6 is 0 Å². The molecule has 0 radical (unpaired) electrons. The Morgan fingerprint density at radius 1 is 0.963 bits per heavy atom. The fourth-order valence-corrected chi connectivity index (χ4v) is 4.12. The van der Waals surface area contributed by atoms with Crippen LogP contribution in [0.5, 0.6) is 0 Å². The maximum absolute atomic E-state index is 12.8. The van der Waals surface area contributed by atoms with Gasteiger partial charge in [0.2, 0.25) is 0 Å². The molecule has 1 saturated heterocycles. The van der Waals surface area contributed by atoms with Gasteiger partial charge in [0.25, 0.3) is 0 Å². The zero-order chi connectivity index (χ0) is 19.9. The number of rotatable bonds is 4. The summed E-state index contributed by atoms with van der Waals surface area (Å²) in [5.41, 5.74) is 3.32. The SMILES string of the molecule is Cc1cc(C)c(C(=O)CN2C(=O)C(=O)N([C@H]3CCCC[C@@H]3C)C2=O)cc1C. The average Bonchev–Trinajstić information content (AvgIpc) is 2.82. The van der Waals surface area contributed by atoms with E-state index >= 15 is 0 Å². The van der Waals surface area contributed by atoms with Gasteiger partial charge in [-0.1, -0.05) is 25.8 Å².